The summed E-state index contributed by atoms with van der Waals surface area (Å²) in [5.41, 5.74) is 6.48. The van der Waals surface area contributed by atoms with Gasteiger partial charge in [0.1, 0.15) is 18.2 Å². The van der Waals surface area contributed by atoms with Crippen molar-refractivity contribution in [2.75, 3.05) is 0 Å². The highest BCUT2D eigenvalue weighted by Crippen LogP contribution is 2.25. The van der Waals surface area contributed by atoms with Crippen LogP contribution in [0, 0.1) is 19.7 Å². The third-order valence-corrected chi connectivity index (χ3v) is 4.77. The van der Waals surface area contributed by atoms with E-state index in [1.807, 2.05) is 50.2 Å². The fraction of sp³-hybridized carbons (Fsp3) is 0.130. The summed E-state index contributed by atoms with van der Waals surface area (Å²) in [6.45, 7) is 4.41. The summed E-state index contributed by atoms with van der Waals surface area (Å²) in [5, 5.41) is 3.97. The van der Waals surface area contributed by atoms with Crippen LogP contribution in [0.5, 0.6) is 5.75 Å². The second kappa shape index (κ2) is 9.47. The number of benzene rings is 3. The molecule has 6 heteroatoms. The number of hydrogen-bond acceptors (Lipinski definition) is 3. The Balaban J connectivity index is 1.64. The molecule has 0 bridgehead atoms. The lowest BCUT2D eigenvalue weighted by molar-refractivity contribution is 0.0954. The molecule has 0 aliphatic heterocycles. The van der Waals surface area contributed by atoms with Crippen LogP contribution in [-0.2, 0) is 6.61 Å². The van der Waals surface area contributed by atoms with Gasteiger partial charge in [-0.2, -0.15) is 5.10 Å². The van der Waals surface area contributed by atoms with E-state index in [9.17, 15) is 9.18 Å². The van der Waals surface area contributed by atoms with Crippen LogP contribution in [0.15, 0.2) is 70.2 Å². The van der Waals surface area contributed by atoms with E-state index in [2.05, 4.69) is 26.5 Å². The van der Waals surface area contributed by atoms with Crippen molar-refractivity contribution in [1.82, 2.24) is 5.43 Å². The number of amides is 1. The van der Waals surface area contributed by atoms with Gasteiger partial charge in [-0.1, -0.05) is 34.1 Å². The van der Waals surface area contributed by atoms with Crippen LogP contribution in [0.3, 0.4) is 0 Å². The molecule has 0 spiro atoms. The Kier molecular flexibility index (Phi) is 6.77. The molecule has 148 valence electrons. The second-order valence-electron chi connectivity index (χ2n) is 6.61. The zero-order valence-electron chi connectivity index (χ0n) is 16.1. The zero-order chi connectivity index (χ0) is 20.8. The van der Waals surface area contributed by atoms with Gasteiger partial charge in [0.25, 0.3) is 5.91 Å². The normalized spacial score (nSPS) is 10.9. The smallest absolute Gasteiger partial charge is 0.271 e. The molecular weight excluding hydrogens is 435 g/mol. The number of halogens is 2. The lowest BCUT2D eigenvalue weighted by Gasteiger charge is -2.13. The van der Waals surface area contributed by atoms with Crippen molar-refractivity contribution < 1.29 is 13.9 Å². The van der Waals surface area contributed by atoms with E-state index >= 15 is 0 Å². The van der Waals surface area contributed by atoms with Crippen molar-refractivity contribution in [3.63, 3.8) is 0 Å². The van der Waals surface area contributed by atoms with Crippen LogP contribution in [0.1, 0.15) is 32.6 Å². The maximum Gasteiger partial charge on any atom is 0.271 e. The summed E-state index contributed by atoms with van der Waals surface area (Å²) in [7, 11) is 0. The van der Waals surface area contributed by atoms with E-state index in [4.69, 9.17) is 4.74 Å². The Morgan fingerprint density at radius 1 is 1.10 bits per heavy atom. The van der Waals surface area contributed by atoms with Crippen LogP contribution in [0.2, 0.25) is 0 Å². The number of hydrazone groups is 1. The lowest BCUT2D eigenvalue weighted by Crippen LogP contribution is -2.17. The molecule has 4 nitrogen and oxygen atoms in total. The molecule has 29 heavy (non-hydrogen) atoms. The Morgan fingerprint density at radius 2 is 1.79 bits per heavy atom. The van der Waals surface area contributed by atoms with Crippen LogP contribution in [-0.4, -0.2) is 12.1 Å². The number of aryl methyl sites for hydroxylation is 2. The van der Waals surface area contributed by atoms with Crippen molar-refractivity contribution in [1.29, 1.82) is 0 Å². The van der Waals surface area contributed by atoms with Gasteiger partial charge in [0.2, 0.25) is 0 Å². The zero-order valence-corrected chi connectivity index (χ0v) is 17.7. The summed E-state index contributed by atoms with van der Waals surface area (Å²) in [6, 6.07) is 17.3. The minimum absolute atomic E-state index is 0.214. The van der Waals surface area contributed by atoms with Crippen LogP contribution >= 0.6 is 15.9 Å². The lowest BCUT2D eigenvalue weighted by atomic mass is 10.1. The van der Waals surface area contributed by atoms with E-state index < -0.39 is 11.7 Å². The maximum absolute atomic E-state index is 13.2. The first-order valence-corrected chi connectivity index (χ1v) is 9.79. The van der Waals surface area contributed by atoms with Gasteiger partial charge in [-0.3, -0.25) is 4.79 Å². The van der Waals surface area contributed by atoms with E-state index in [-0.39, 0.29) is 5.56 Å². The predicted molar refractivity (Wildman–Crippen MR) is 116 cm³/mol. The van der Waals surface area contributed by atoms with Crippen molar-refractivity contribution in [3.8, 4) is 5.75 Å². The number of hydrogen-bond donors (Lipinski definition) is 1. The van der Waals surface area contributed by atoms with Crippen molar-refractivity contribution >= 4 is 28.1 Å². The largest absolute Gasteiger partial charge is 0.488 e. The van der Waals surface area contributed by atoms with E-state index in [1.54, 1.807) is 6.21 Å². The van der Waals surface area contributed by atoms with E-state index in [1.165, 1.54) is 18.2 Å². The summed E-state index contributed by atoms with van der Waals surface area (Å²) in [5.74, 6) is -0.107. The molecule has 0 fully saturated rings. The van der Waals surface area contributed by atoms with Crippen molar-refractivity contribution in [3.05, 3.63) is 98.8 Å². The molecule has 1 amide bonds. The average molecular weight is 455 g/mol. The highest BCUT2D eigenvalue weighted by atomic mass is 79.9. The average Bonchev–Trinajstić information content (AvgIpc) is 2.68. The van der Waals surface area contributed by atoms with Gasteiger partial charge in [0.05, 0.1) is 6.21 Å². The van der Waals surface area contributed by atoms with Gasteiger partial charge in [-0.25, -0.2) is 9.82 Å². The molecule has 0 atom stereocenters. The molecule has 0 heterocycles. The van der Waals surface area contributed by atoms with Gasteiger partial charge in [0, 0.05) is 10.0 Å². The van der Waals surface area contributed by atoms with E-state index in [0.717, 1.165) is 38.5 Å². The topological polar surface area (TPSA) is 50.7 Å². The van der Waals surface area contributed by atoms with Crippen molar-refractivity contribution in [2.45, 2.75) is 20.5 Å². The molecule has 0 radical (unpaired) electrons. The standard InChI is InChI=1S/C23H20BrFN2O2/c1-15-10-18(13-26-27-23(28)19-4-3-5-21(25)12-19)11-16(2)22(15)29-14-17-6-8-20(24)9-7-17/h3-13H,14H2,1-2H3,(H,27,28)/b26-13-. The van der Waals surface area contributed by atoms with Crippen LogP contribution in [0.4, 0.5) is 4.39 Å². The van der Waals surface area contributed by atoms with Gasteiger partial charge < -0.3 is 4.74 Å². The van der Waals surface area contributed by atoms with Gasteiger partial charge in [0.15, 0.2) is 0 Å². The minimum Gasteiger partial charge on any atom is -0.488 e. The summed E-state index contributed by atoms with van der Waals surface area (Å²) >= 11 is 3.42. The third kappa shape index (κ3) is 5.74. The molecule has 0 aliphatic carbocycles. The highest BCUT2D eigenvalue weighted by Gasteiger charge is 2.08. The van der Waals surface area contributed by atoms with Crippen LogP contribution < -0.4 is 10.2 Å². The number of nitrogens with zero attached hydrogens (tertiary/aromatic N) is 1. The minimum atomic E-state index is -0.469. The Hall–Kier alpha value is -2.99. The molecule has 1 N–H and O–H groups in total. The molecule has 3 rings (SSSR count). The molecule has 0 aliphatic rings. The SMILES string of the molecule is Cc1cc(/C=N\NC(=O)c2cccc(F)c2)cc(C)c1OCc1ccc(Br)cc1. The van der Waals surface area contributed by atoms with Gasteiger partial charge >= 0.3 is 0 Å². The fourth-order valence-corrected chi connectivity index (χ4v) is 3.15. The third-order valence-electron chi connectivity index (χ3n) is 4.25. The number of carbonyl (C=O) groups excluding carboxylic acids is 1. The Morgan fingerprint density at radius 3 is 2.45 bits per heavy atom. The van der Waals surface area contributed by atoms with Crippen molar-refractivity contribution in [2.24, 2.45) is 5.10 Å². The molecule has 0 saturated carbocycles. The first-order chi connectivity index (χ1) is 13.9. The number of ether oxygens (including phenoxy) is 1. The number of rotatable bonds is 6. The predicted octanol–water partition coefficient (Wildman–Crippen LogP) is 5.55. The molecule has 3 aromatic rings. The monoisotopic (exact) mass is 454 g/mol. The second-order valence-corrected chi connectivity index (χ2v) is 7.52. The number of carbonyl (C=O) groups is 1. The van der Waals surface area contributed by atoms with E-state index in [0.29, 0.717) is 6.61 Å². The molecule has 3 aromatic carbocycles. The summed E-state index contributed by atoms with van der Waals surface area (Å²) in [4.78, 5) is 12.0. The molecular formula is C23H20BrFN2O2. The molecule has 0 aromatic heterocycles. The van der Waals surface area contributed by atoms with Crippen LogP contribution in [0.25, 0.3) is 0 Å². The first kappa shape index (κ1) is 20.7. The Labute approximate surface area is 177 Å². The maximum atomic E-state index is 13.2. The number of nitrogens with one attached hydrogen (secondary N) is 1. The summed E-state index contributed by atoms with van der Waals surface area (Å²) < 4.78 is 20.2. The van der Waals surface area contributed by atoms with Gasteiger partial charge in [-0.15, -0.1) is 0 Å². The van der Waals surface area contributed by atoms with Gasteiger partial charge in [-0.05, 0) is 78.6 Å². The quantitative estimate of drug-likeness (QED) is 0.392. The molecule has 0 unspecified atom stereocenters. The first-order valence-electron chi connectivity index (χ1n) is 9.00. The molecule has 0 saturated heterocycles. The highest BCUT2D eigenvalue weighted by molar-refractivity contribution is 9.10. The summed E-state index contributed by atoms with van der Waals surface area (Å²) in [6.07, 6.45) is 1.55. The fourth-order valence-electron chi connectivity index (χ4n) is 2.88. The Bertz CT molecular complexity index is 1030.